The van der Waals surface area contributed by atoms with Gasteiger partial charge in [0, 0.05) is 24.2 Å². The molecule has 7 heteroatoms. The van der Waals surface area contributed by atoms with Gasteiger partial charge in [0.25, 0.3) is 0 Å². The minimum absolute atomic E-state index is 0.0842. The predicted molar refractivity (Wildman–Crippen MR) is 75.8 cm³/mol. The molecule has 0 aliphatic heterocycles. The SMILES string of the molecule is COCC(C)OCC(O)CNc1c(F)cc(F)cc1Br. The lowest BCUT2D eigenvalue weighted by molar-refractivity contribution is -0.0282. The second-order valence-corrected chi connectivity index (χ2v) is 5.23. The van der Waals surface area contributed by atoms with Gasteiger partial charge in [0.1, 0.15) is 11.6 Å². The Morgan fingerprint density at radius 2 is 2.05 bits per heavy atom. The van der Waals surface area contributed by atoms with E-state index >= 15 is 0 Å². The quantitative estimate of drug-likeness (QED) is 0.754. The van der Waals surface area contributed by atoms with E-state index in [-0.39, 0.29) is 29.4 Å². The van der Waals surface area contributed by atoms with Crippen LogP contribution >= 0.6 is 15.9 Å². The van der Waals surface area contributed by atoms with Gasteiger partial charge in [-0.05, 0) is 28.9 Å². The molecule has 0 saturated carbocycles. The van der Waals surface area contributed by atoms with Crippen LogP contribution in [0.5, 0.6) is 0 Å². The molecule has 0 aliphatic carbocycles. The third kappa shape index (κ3) is 5.70. The van der Waals surface area contributed by atoms with Crippen molar-refractivity contribution < 1.29 is 23.4 Å². The minimum atomic E-state index is -0.814. The summed E-state index contributed by atoms with van der Waals surface area (Å²) >= 11 is 3.06. The highest BCUT2D eigenvalue weighted by Gasteiger charge is 2.12. The van der Waals surface area contributed by atoms with E-state index in [1.807, 2.05) is 6.92 Å². The van der Waals surface area contributed by atoms with Gasteiger partial charge in [0.05, 0.1) is 31.1 Å². The highest BCUT2D eigenvalue weighted by molar-refractivity contribution is 9.10. The normalized spacial score (nSPS) is 14.1. The van der Waals surface area contributed by atoms with Gasteiger partial charge in [-0.1, -0.05) is 0 Å². The number of anilines is 1. The fourth-order valence-corrected chi connectivity index (χ4v) is 2.10. The summed E-state index contributed by atoms with van der Waals surface area (Å²) in [5.74, 6) is -1.39. The van der Waals surface area contributed by atoms with E-state index < -0.39 is 17.7 Å². The maximum Gasteiger partial charge on any atom is 0.150 e. The number of halogens is 3. The molecule has 2 N–H and O–H groups in total. The van der Waals surface area contributed by atoms with Crippen molar-refractivity contribution >= 4 is 21.6 Å². The van der Waals surface area contributed by atoms with E-state index in [4.69, 9.17) is 9.47 Å². The Kier molecular flexibility index (Phi) is 7.36. The Hall–Kier alpha value is -0.760. The monoisotopic (exact) mass is 353 g/mol. The summed E-state index contributed by atoms with van der Waals surface area (Å²) in [5.41, 5.74) is 0.107. The molecule has 2 unspecified atom stereocenters. The molecular weight excluding hydrogens is 336 g/mol. The average Bonchev–Trinajstić information content (AvgIpc) is 2.35. The smallest absolute Gasteiger partial charge is 0.150 e. The summed E-state index contributed by atoms with van der Waals surface area (Å²) in [6, 6.07) is 1.92. The third-order valence-corrected chi connectivity index (χ3v) is 3.12. The van der Waals surface area contributed by atoms with Crippen LogP contribution in [0.3, 0.4) is 0 Å². The van der Waals surface area contributed by atoms with Crippen molar-refractivity contribution in [1.29, 1.82) is 0 Å². The molecule has 0 aromatic heterocycles. The maximum atomic E-state index is 13.5. The maximum absolute atomic E-state index is 13.5. The molecule has 1 aromatic rings. The molecule has 0 spiro atoms. The minimum Gasteiger partial charge on any atom is -0.389 e. The van der Waals surface area contributed by atoms with Crippen LogP contribution < -0.4 is 5.32 Å². The molecule has 20 heavy (non-hydrogen) atoms. The van der Waals surface area contributed by atoms with Crippen LogP contribution in [0.4, 0.5) is 14.5 Å². The molecule has 0 radical (unpaired) electrons. The van der Waals surface area contributed by atoms with Crippen LogP contribution in [0.1, 0.15) is 6.92 Å². The van der Waals surface area contributed by atoms with E-state index in [1.54, 1.807) is 7.11 Å². The molecule has 114 valence electrons. The van der Waals surface area contributed by atoms with Crippen molar-refractivity contribution in [2.75, 3.05) is 32.2 Å². The third-order valence-electron chi connectivity index (χ3n) is 2.50. The Morgan fingerprint density at radius 1 is 1.35 bits per heavy atom. The number of ether oxygens (including phenoxy) is 2. The lowest BCUT2D eigenvalue weighted by Crippen LogP contribution is -2.28. The highest BCUT2D eigenvalue weighted by atomic mass is 79.9. The van der Waals surface area contributed by atoms with Gasteiger partial charge in [-0.25, -0.2) is 8.78 Å². The number of aliphatic hydroxyl groups is 1. The van der Waals surface area contributed by atoms with Gasteiger partial charge in [-0.2, -0.15) is 0 Å². The Bertz CT molecular complexity index is 411. The summed E-state index contributed by atoms with van der Waals surface area (Å²) in [6.45, 7) is 2.43. The first kappa shape index (κ1) is 17.3. The van der Waals surface area contributed by atoms with Crippen molar-refractivity contribution in [3.63, 3.8) is 0 Å². The summed E-state index contributed by atoms with van der Waals surface area (Å²) in [4.78, 5) is 0. The van der Waals surface area contributed by atoms with Crippen molar-refractivity contribution in [2.24, 2.45) is 0 Å². The topological polar surface area (TPSA) is 50.7 Å². The van der Waals surface area contributed by atoms with Crippen molar-refractivity contribution in [1.82, 2.24) is 0 Å². The molecule has 0 heterocycles. The Labute approximate surface area is 125 Å². The van der Waals surface area contributed by atoms with E-state index in [0.29, 0.717) is 6.61 Å². The molecular formula is C13H18BrF2NO3. The summed E-state index contributed by atoms with van der Waals surface area (Å²) in [7, 11) is 1.56. The number of methoxy groups -OCH3 is 1. The van der Waals surface area contributed by atoms with Crippen molar-refractivity contribution in [3.05, 3.63) is 28.2 Å². The zero-order chi connectivity index (χ0) is 15.1. The molecule has 1 rings (SSSR count). The van der Waals surface area contributed by atoms with E-state index in [1.165, 1.54) is 0 Å². The van der Waals surface area contributed by atoms with Gasteiger partial charge in [0.2, 0.25) is 0 Å². The number of benzene rings is 1. The van der Waals surface area contributed by atoms with Crippen LogP contribution in [0.2, 0.25) is 0 Å². The van der Waals surface area contributed by atoms with Crippen LogP contribution in [0.15, 0.2) is 16.6 Å². The lowest BCUT2D eigenvalue weighted by Gasteiger charge is -2.17. The molecule has 0 saturated heterocycles. The van der Waals surface area contributed by atoms with Crippen LogP contribution in [-0.4, -0.2) is 44.2 Å². The number of hydrogen-bond acceptors (Lipinski definition) is 4. The number of nitrogens with one attached hydrogen (secondary N) is 1. The molecule has 2 atom stereocenters. The van der Waals surface area contributed by atoms with E-state index in [0.717, 1.165) is 12.1 Å². The van der Waals surface area contributed by atoms with Gasteiger partial charge < -0.3 is 19.9 Å². The molecule has 1 aromatic carbocycles. The zero-order valence-electron chi connectivity index (χ0n) is 11.3. The first-order chi connectivity index (χ1) is 9.43. The number of hydrogen-bond donors (Lipinski definition) is 2. The molecule has 0 aliphatic rings. The van der Waals surface area contributed by atoms with Gasteiger partial charge in [0.15, 0.2) is 0 Å². The zero-order valence-corrected chi connectivity index (χ0v) is 12.9. The number of aliphatic hydroxyl groups excluding tert-OH is 1. The van der Waals surface area contributed by atoms with E-state index in [9.17, 15) is 13.9 Å². The molecule has 0 amide bonds. The summed E-state index contributed by atoms with van der Waals surface area (Å²) < 4.78 is 36.9. The van der Waals surface area contributed by atoms with E-state index in [2.05, 4.69) is 21.2 Å². The molecule has 4 nitrogen and oxygen atoms in total. The van der Waals surface area contributed by atoms with Crippen molar-refractivity contribution in [2.45, 2.75) is 19.1 Å². The lowest BCUT2D eigenvalue weighted by atomic mass is 10.2. The Morgan fingerprint density at radius 3 is 2.65 bits per heavy atom. The average molecular weight is 354 g/mol. The Balaban J connectivity index is 2.43. The van der Waals surface area contributed by atoms with Crippen LogP contribution in [0, 0.1) is 11.6 Å². The summed E-state index contributed by atoms with van der Waals surface area (Å²) in [5, 5.41) is 12.4. The second-order valence-electron chi connectivity index (χ2n) is 4.38. The first-order valence-corrected chi connectivity index (χ1v) is 6.90. The second kappa shape index (κ2) is 8.51. The predicted octanol–water partition coefficient (Wildman–Crippen LogP) is 2.55. The van der Waals surface area contributed by atoms with Crippen LogP contribution in [0.25, 0.3) is 0 Å². The summed E-state index contributed by atoms with van der Waals surface area (Å²) in [6.07, 6.45) is -0.949. The largest absolute Gasteiger partial charge is 0.389 e. The van der Waals surface area contributed by atoms with Gasteiger partial charge >= 0.3 is 0 Å². The van der Waals surface area contributed by atoms with Gasteiger partial charge in [-0.3, -0.25) is 0 Å². The van der Waals surface area contributed by atoms with Crippen LogP contribution in [-0.2, 0) is 9.47 Å². The first-order valence-electron chi connectivity index (χ1n) is 6.11. The fraction of sp³-hybridized carbons (Fsp3) is 0.538. The molecule has 0 bridgehead atoms. The highest BCUT2D eigenvalue weighted by Crippen LogP contribution is 2.26. The van der Waals surface area contributed by atoms with Gasteiger partial charge in [-0.15, -0.1) is 0 Å². The fourth-order valence-electron chi connectivity index (χ4n) is 1.55. The standard InChI is InChI=1S/C13H18BrF2NO3/c1-8(6-19-2)20-7-10(18)5-17-13-11(14)3-9(15)4-12(13)16/h3-4,8,10,17-18H,5-7H2,1-2H3. The number of rotatable bonds is 8. The molecule has 0 fully saturated rings. The van der Waals surface area contributed by atoms with Crippen molar-refractivity contribution in [3.8, 4) is 0 Å².